The first kappa shape index (κ1) is 25.3. The highest BCUT2D eigenvalue weighted by atomic mass is 35.5. The topological polar surface area (TPSA) is 111 Å². The van der Waals surface area contributed by atoms with Gasteiger partial charge in [0.05, 0.1) is 28.8 Å². The third-order valence-corrected chi connectivity index (χ3v) is 8.18. The van der Waals surface area contributed by atoms with E-state index in [1.165, 1.54) is 16.0 Å². The first-order chi connectivity index (χ1) is 17.5. The molecule has 3 aliphatic rings. The van der Waals surface area contributed by atoms with E-state index in [4.69, 9.17) is 11.6 Å². The second-order valence-electron chi connectivity index (χ2n) is 11.4. The molecule has 0 bridgehead atoms. The Kier molecular flexibility index (Phi) is 6.06. The summed E-state index contributed by atoms with van der Waals surface area (Å²) in [5, 5.41) is 17.4. The number of amides is 3. The summed E-state index contributed by atoms with van der Waals surface area (Å²) in [6.07, 6.45) is 4.15. The predicted octanol–water partition coefficient (Wildman–Crippen LogP) is 3.55. The predicted molar refractivity (Wildman–Crippen MR) is 138 cm³/mol. The summed E-state index contributed by atoms with van der Waals surface area (Å²) in [5.74, 6) is -0.577. The van der Waals surface area contributed by atoms with Gasteiger partial charge in [0.15, 0.2) is 0 Å². The van der Waals surface area contributed by atoms with Crippen molar-refractivity contribution in [3.05, 3.63) is 46.7 Å². The minimum absolute atomic E-state index is 0.0960. The van der Waals surface area contributed by atoms with Crippen LogP contribution in [-0.2, 0) is 20.5 Å². The fourth-order valence-corrected chi connectivity index (χ4v) is 5.97. The second kappa shape index (κ2) is 8.88. The van der Waals surface area contributed by atoms with Crippen LogP contribution in [0.5, 0.6) is 0 Å². The molecule has 1 saturated carbocycles. The molecule has 1 aliphatic carbocycles. The average Bonchev–Trinajstić information content (AvgIpc) is 3.35. The van der Waals surface area contributed by atoms with Gasteiger partial charge in [0, 0.05) is 25.7 Å². The molecular formula is C27H31ClN6O3. The number of benzene rings is 1. The summed E-state index contributed by atoms with van der Waals surface area (Å²) < 4.78 is 1.58. The van der Waals surface area contributed by atoms with Gasteiger partial charge >= 0.3 is 0 Å². The molecule has 1 aromatic heterocycles. The molecule has 1 aromatic carbocycles. The first-order valence-electron chi connectivity index (χ1n) is 12.6. The number of aromatic nitrogens is 2. The summed E-state index contributed by atoms with van der Waals surface area (Å²) in [6.45, 7) is 5.91. The van der Waals surface area contributed by atoms with Gasteiger partial charge in [-0.25, -0.2) is 4.68 Å². The number of nitrogens with one attached hydrogen (secondary N) is 1. The number of carbonyl (C=O) groups excluding carboxylic acids is 3. The minimum atomic E-state index is -0.976. The Labute approximate surface area is 221 Å². The number of anilines is 1. The lowest BCUT2D eigenvalue weighted by molar-refractivity contribution is -0.136. The van der Waals surface area contributed by atoms with Gasteiger partial charge in [-0.3, -0.25) is 14.4 Å². The van der Waals surface area contributed by atoms with Crippen molar-refractivity contribution in [3.8, 4) is 6.07 Å². The third-order valence-electron chi connectivity index (χ3n) is 7.82. The zero-order valence-electron chi connectivity index (χ0n) is 21.5. The molecule has 9 nitrogen and oxygen atoms in total. The Morgan fingerprint density at radius 2 is 2.03 bits per heavy atom. The number of halogens is 1. The van der Waals surface area contributed by atoms with E-state index in [1.807, 2.05) is 45.0 Å². The maximum Gasteiger partial charge on any atom is 0.259 e. The molecule has 1 N–H and O–H groups in total. The number of hydrogen-bond donors (Lipinski definition) is 1. The monoisotopic (exact) mass is 522 g/mol. The van der Waals surface area contributed by atoms with Crippen LogP contribution in [0.3, 0.4) is 0 Å². The van der Waals surface area contributed by atoms with Crippen LogP contribution in [0.1, 0.15) is 62.4 Å². The number of carbonyl (C=O) groups is 3. The fourth-order valence-electron chi connectivity index (χ4n) is 5.55. The number of para-hydroxylation sites is 1. The van der Waals surface area contributed by atoms with Crippen molar-refractivity contribution >= 4 is 35.0 Å². The lowest BCUT2D eigenvalue weighted by Crippen LogP contribution is -2.51. The van der Waals surface area contributed by atoms with Crippen LogP contribution < -0.4 is 5.32 Å². The summed E-state index contributed by atoms with van der Waals surface area (Å²) in [5.41, 5.74) is 0.355. The number of fused-ring (bicyclic) bond motifs is 2. The van der Waals surface area contributed by atoms with Gasteiger partial charge in [-0.05, 0) is 44.7 Å². The standard InChI is InChI=1S/C27H31ClN6O3/c1-26(2,3)34-22(28)18(14-30-34)23(35)32(4)21(11-16-9-10-16)24(36)33-15-27(12-17(33)13-29)19-7-5-6-8-20(19)31-25(27)37/h5-8,14,16-17,21H,9-12,15H2,1-4H3,(H,31,37)/t17-,21-,27-/m0/s1. The molecule has 1 saturated heterocycles. The van der Waals surface area contributed by atoms with Crippen molar-refractivity contribution in [2.24, 2.45) is 5.92 Å². The smallest absolute Gasteiger partial charge is 0.259 e. The Hall–Kier alpha value is -3.38. The number of nitriles is 1. The highest BCUT2D eigenvalue weighted by Crippen LogP contribution is 2.47. The average molecular weight is 523 g/mol. The number of likely N-dealkylation sites (N-methyl/N-ethyl adjacent to an activating group) is 1. The van der Waals surface area contributed by atoms with Gasteiger partial charge in [-0.2, -0.15) is 10.4 Å². The van der Waals surface area contributed by atoms with Crippen LogP contribution in [0.4, 0.5) is 5.69 Å². The van der Waals surface area contributed by atoms with Crippen LogP contribution in [-0.4, -0.2) is 63.0 Å². The third kappa shape index (κ3) is 4.17. The van der Waals surface area contributed by atoms with Crippen molar-refractivity contribution < 1.29 is 14.4 Å². The molecule has 10 heteroatoms. The van der Waals surface area contributed by atoms with Gasteiger partial charge in [0.2, 0.25) is 11.8 Å². The SMILES string of the molecule is CN(C(=O)c1cnn(C(C)(C)C)c1Cl)[C@@H](CC1CC1)C(=O)N1C[C@]2(C[C@H]1C#N)C(=O)Nc1ccccc12. The van der Waals surface area contributed by atoms with E-state index < -0.39 is 28.9 Å². The fraction of sp³-hybridized carbons (Fsp3) is 0.519. The van der Waals surface area contributed by atoms with E-state index in [9.17, 15) is 19.6 Å². The molecule has 5 rings (SSSR count). The molecule has 3 amide bonds. The van der Waals surface area contributed by atoms with Gasteiger partial charge in [-0.15, -0.1) is 0 Å². The lowest BCUT2D eigenvalue weighted by atomic mass is 9.80. The molecule has 3 atom stereocenters. The molecule has 2 fully saturated rings. The van der Waals surface area contributed by atoms with Gasteiger partial charge in [0.1, 0.15) is 17.2 Å². The van der Waals surface area contributed by atoms with E-state index in [2.05, 4.69) is 16.5 Å². The van der Waals surface area contributed by atoms with Gasteiger partial charge < -0.3 is 15.1 Å². The van der Waals surface area contributed by atoms with Gasteiger partial charge in [-0.1, -0.05) is 42.6 Å². The lowest BCUT2D eigenvalue weighted by Gasteiger charge is -2.32. The largest absolute Gasteiger partial charge is 0.330 e. The summed E-state index contributed by atoms with van der Waals surface area (Å²) >= 11 is 6.54. The van der Waals surface area contributed by atoms with Crippen LogP contribution in [0.15, 0.2) is 30.5 Å². The highest BCUT2D eigenvalue weighted by molar-refractivity contribution is 6.33. The van der Waals surface area contributed by atoms with Crippen molar-refractivity contribution in [1.29, 1.82) is 5.26 Å². The van der Waals surface area contributed by atoms with Crippen molar-refractivity contribution in [2.45, 2.75) is 69.5 Å². The normalized spacial score (nSPS) is 23.5. The maximum atomic E-state index is 14.1. The van der Waals surface area contributed by atoms with E-state index >= 15 is 0 Å². The Morgan fingerprint density at radius 3 is 2.65 bits per heavy atom. The van der Waals surface area contributed by atoms with Gasteiger partial charge in [0.25, 0.3) is 5.91 Å². The molecule has 2 aromatic rings. The summed E-state index contributed by atoms with van der Waals surface area (Å²) in [7, 11) is 1.60. The molecule has 194 valence electrons. The van der Waals surface area contributed by atoms with Crippen LogP contribution in [0.2, 0.25) is 5.15 Å². The Morgan fingerprint density at radius 1 is 1.32 bits per heavy atom. The summed E-state index contributed by atoms with van der Waals surface area (Å²) in [4.78, 5) is 43.7. The van der Waals surface area contributed by atoms with E-state index in [-0.39, 0.29) is 35.5 Å². The van der Waals surface area contributed by atoms with Crippen molar-refractivity contribution in [3.63, 3.8) is 0 Å². The van der Waals surface area contributed by atoms with E-state index in [1.54, 1.807) is 11.7 Å². The Balaban J connectivity index is 1.45. The molecular weight excluding hydrogens is 492 g/mol. The highest BCUT2D eigenvalue weighted by Gasteiger charge is 2.57. The van der Waals surface area contributed by atoms with Crippen LogP contribution in [0, 0.1) is 17.2 Å². The maximum absolute atomic E-state index is 14.1. The number of nitrogens with zero attached hydrogens (tertiary/aromatic N) is 5. The zero-order chi connectivity index (χ0) is 26.7. The molecule has 2 aliphatic heterocycles. The zero-order valence-corrected chi connectivity index (χ0v) is 22.2. The van der Waals surface area contributed by atoms with E-state index in [0.29, 0.717) is 18.0 Å². The molecule has 37 heavy (non-hydrogen) atoms. The van der Waals surface area contributed by atoms with Crippen molar-refractivity contribution in [2.75, 3.05) is 18.9 Å². The summed E-state index contributed by atoms with van der Waals surface area (Å²) in [6, 6.07) is 8.09. The molecule has 0 radical (unpaired) electrons. The Bertz CT molecular complexity index is 1320. The van der Waals surface area contributed by atoms with Crippen LogP contribution >= 0.6 is 11.6 Å². The number of rotatable bonds is 5. The van der Waals surface area contributed by atoms with Crippen LogP contribution in [0.25, 0.3) is 0 Å². The molecule has 0 unspecified atom stereocenters. The van der Waals surface area contributed by atoms with E-state index in [0.717, 1.165) is 18.4 Å². The quantitative estimate of drug-likeness (QED) is 0.645. The van der Waals surface area contributed by atoms with Crippen molar-refractivity contribution in [1.82, 2.24) is 19.6 Å². The second-order valence-corrected chi connectivity index (χ2v) is 11.8. The molecule has 1 spiro atoms. The number of likely N-dealkylation sites (tertiary alicyclic amines) is 1. The molecule has 3 heterocycles. The first-order valence-corrected chi connectivity index (χ1v) is 13.0. The minimum Gasteiger partial charge on any atom is -0.330 e. The number of hydrogen-bond acceptors (Lipinski definition) is 5.